The van der Waals surface area contributed by atoms with Crippen LogP contribution in [-0.2, 0) is 13.9 Å². The van der Waals surface area contributed by atoms with Crippen molar-refractivity contribution < 1.29 is 19.0 Å². The monoisotopic (exact) mass is 398 g/mol. The Labute approximate surface area is 168 Å². The van der Waals surface area contributed by atoms with Gasteiger partial charge in [-0.3, -0.25) is 0 Å². The zero-order valence-corrected chi connectivity index (χ0v) is 20.0. The van der Waals surface area contributed by atoms with Crippen LogP contribution in [0, 0.1) is 0 Å². The Hall–Kier alpha value is -1.00. The molecule has 0 spiro atoms. The van der Waals surface area contributed by atoms with Crippen molar-refractivity contribution in [2.45, 2.75) is 96.9 Å². The molecule has 1 N–H and O–H groups in total. The number of hydrogen-bond donors (Lipinski definition) is 1. The third kappa shape index (κ3) is 6.53. The molecule has 0 bridgehead atoms. The number of hydrogen-bond acceptors (Lipinski definition) is 4. The Kier molecular flexibility index (Phi) is 11.3. The van der Waals surface area contributed by atoms with Gasteiger partial charge in [-0.25, -0.2) is 0 Å². The van der Waals surface area contributed by atoms with Gasteiger partial charge in [-0.2, -0.15) is 0 Å². The standard InChI is InChI=1S/C22H42O4Si/c1-11-13-14-20(22(9,23)21(12-2)25-16-24-10)15-26-27(17(3)4,18(5)6)19(7)8/h15,17-19,23H,2,11,13-14,16H2,1,3-10H3/b20-15+. The van der Waals surface area contributed by atoms with E-state index in [-0.39, 0.29) is 12.6 Å². The molecule has 0 radical (unpaired) electrons. The Balaban J connectivity index is 6.01. The molecule has 0 fully saturated rings. The van der Waals surface area contributed by atoms with Gasteiger partial charge in [0.15, 0.2) is 18.2 Å². The SMILES string of the molecule is C=C=C(OCOC)C(C)(O)/C(=C/O[Si](C(C)C)(C(C)C)C(C)C)CCCC. The first kappa shape index (κ1) is 26.0. The van der Waals surface area contributed by atoms with Crippen LogP contribution in [0.15, 0.2) is 29.9 Å². The predicted octanol–water partition coefficient (Wildman–Crippen LogP) is 6.29. The fraction of sp³-hybridized carbons (Fsp3) is 0.773. The second-order valence-electron chi connectivity index (χ2n) is 8.31. The fourth-order valence-corrected chi connectivity index (χ4v) is 9.16. The molecule has 0 aromatic rings. The van der Waals surface area contributed by atoms with Crippen LogP contribution in [0.3, 0.4) is 0 Å². The topological polar surface area (TPSA) is 47.9 Å². The van der Waals surface area contributed by atoms with Gasteiger partial charge < -0.3 is 19.0 Å². The van der Waals surface area contributed by atoms with E-state index in [1.165, 1.54) is 0 Å². The molecule has 1 unspecified atom stereocenters. The van der Waals surface area contributed by atoms with E-state index in [1.807, 2.05) is 6.26 Å². The second-order valence-corrected chi connectivity index (χ2v) is 13.7. The van der Waals surface area contributed by atoms with Gasteiger partial charge in [-0.15, -0.1) is 0 Å². The molecule has 0 heterocycles. The minimum Gasteiger partial charge on any atom is -0.548 e. The second kappa shape index (κ2) is 11.8. The van der Waals surface area contributed by atoms with Crippen molar-refractivity contribution in [2.75, 3.05) is 13.9 Å². The molecule has 0 aromatic heterocycles. The summed E-state index contributed by atoms with van der Waals surface area (Å²) in [5.41, 5.74) is 3.58. The molecule has 0 saturated carbocycles. The minimum atomic E-state index is -2.08. The van der Waals surface area contributed by atoms with Gasteiger partial charge in [0.05, 0.1) is 6.26 Å². The van der Waals surface area contributed by atoms with E-state index >= 15 is 0 Å². The highest BCUT2D eigenvalue weighted by molar-refractivity contribution is 6.77. The van der Waals surface area contributed by atoms with Gasteiger partial charge >= 0.3 is 0 Å². The molecule has 1 atom stereocenters. The van der Waals surface area contributed by atoms with Crippen LogP contribution in [0.25, 0.3) is 0 Å². The lowest BCUT2D eigenvalue weighted by atomic mass is 9.91. The minimum absolute atomic E-state index is 0.0403. The molecule has 0 aromatic carbocycles. The normalized spacial score (nSPS) is 15.1. The first-order valence-corrected chi connectivity index (χ1v) is 12.3. The number of unbranched alkanes of at least 4 members (excludes halogenated alkanes) is 1. The maximum absolute atomic E-state index is 11.2. The zero-order chi connectivity index (χ0) is 21.3. The maximum atomic E-state index is 11.2. The Bertz CT molecular complexity index is 493. The summed E-state index contributed by atoms with van der Waals surface area (Å²) in [6, 6.07) is 0. The summed E-state index contributed by atoms with van der Waals surface area (Å²) in [5.74, 6) is 0.265. The maximum Gasteiger partial charge on any atom is 0.257 e. The lowest BCUT2D eigenvalue weighted by molar-refractivity contribution is -0.0360. The van der Waals surface area contributed by atoms with E-state index in [4.69, 9.17) is 13.9 Å². The number of aliphatic hydroxyl groups is 1. The van der Waals surface area contributed by atoms with Crippen LogP contribution < -0.4 is 0 Å². The van der Waals surface area contributed by atoms with Crippen molar-refractivity contribution >= 4 is 8.32 Å². The van der Waals surface area contributed by atoms with Crippen LogP contribution in [0.4, 0.5) is 0 Å². The van der Waals surface area contributed by atoms with Crippen molar-refractivity contribution in [3.8, 4) is 0 Å². The van der Waals surface area contributed by atoms with E-state index in [2.05, 4.69) is 60.8 Å². The molecule has 0 aliphatic carbocycles. The van der Waals surface area contributed by atoms with Gasteiger partial charge in [0, 0.05) is 12.7 Å². The van der Waals surface area contributed by atoms with E-state index in [9.17, 15) is 5.11 Å². The smallest absolute Gasteiger partial charge is 0.257 e. The average molecular weight is 399 g/mol. The molecule has 4 nitrogen and oxygen atoms in total. The summed E-state index contributed by atoms with van der Waals surface area (Å²) >= 11 is 0. The summed E-state index contributed by atoms with van der Waals surface area (Å²) in [6.45, 7) is 21.1. The zero-order valence-electron chi connectivity index (χ0n) is 19.0. The molecule has 0 aliphatic heterocycles. The van der Waals surface area contributed by atoms with Crippen LogP contribution in [0.2, 0.25) is 16.6 Å². The molecule has 0 saturated heterocycles. The van der Waals surface area contributed by atoms with Crippen LogP contribution in [-0.4, -0.2) is 32.9 Å². The highest BCUT2D eigenvalue weighted by Crippen LogP contribution is 2.43. The van der Waals surface area contributed by atoms with Gasteiger partial charge in [-0.05, 0) is 36.4 Å². The highest BCUT2D eigenvalue weighted by atomic mass is 28.4. The third-order valence-corrected chi connectivity index (χ3v) is 11.4. The molecule has 27 heavy (non-hydrogen) atoms. The first-order valence-electron chi connectivity index (χ1n) is 10.1. The summed E-state index contributed by atoms with van der Waals surface area (Å²) in [5, 5.41) is 11.2. The summed E-state index contributed by atoms with van der Waals surface area (Å²) < 4.78 is 17.1. The molecule has 0 aliphatic rings. The van der Waals surface area contributed by atoms with Crippen molar-refractivity contribution in [1.29, 1.82) is 0 Å². The highest BCUT2D eigenvalue weighted by Gasteiger charge is 2.46. The van der Waals surface area contributed by atoms with Crippen molar-refractivity contribution in [1.82, 2.24) is 0 Å². The van der Waals surface area contributed by atoms with Crippen molar-refractivity contribution in [3.05, 3.63) is 29.9 Å². The van der Waals surface area contributed by atoms with E-state index < -0.39 is 13.9 Å². The van der Waals surface area contributed by atoms with E-state index in [0.717, 1.165) is 24.8 Å². The Morgan fingerprint density at radius 3 is 2.04 bits per heavy atom. The lowest BCUT2D eigenvalue weighted by Gasteiger charge is -2.41. The van der Waals surface area contributed by atoms with E-state index in [1.54, 1.807) is 14.0 Å². The average Bonchev–Trinajstić information content (AvgIpc) is 2.57. The number of rotatable bonds is 13. The lowest BCUT2D eigenvalue weighted by Crippen LogP contribution is -2.46. The first-order chi connectivity index (χ1) is 12.5. The Morgan fingerprint density at radius 1 is 1.15 bits per heavy atom. The summed E-state index contributed by atoms with van der Waals surface area (Å²) in [6.07, 6.45) is 4.53. The third-order valence-electron chi connectivity index (χ3n) is 5.46. The van der Waals surface area contributed by atoms with Gasteiger partial charge in [0.1, 0.15) is 0 Å². The molecule has 158 valence electrons. The van der Waals surface area contributed by atoms with E-state index in [0.29, 0.717) is 16.6 Å². The van der Waals surface area contributed by atoms with Gasteiger partial charge in [-0.1, -0.05) is 67.2 Å². The van der Waals surface area contributed by atoms with Crippen molar-refractivity contribution in [3.63, 3.8) is 0 Å². The molecule has 0 rings (SSSR count). The quantitative estimate of drug-likeness (QED) is 0.171. The van der Waals surface area contributed by atoms with Gasteiger partial charge in [0.2, 0.25) is 0 Å². The fourth-order valence-electron chi connectivity index (χ4n) is 3.99. The van der Waals surface area contributed by atoms with Crippen molar-refractivity contribution in [2.24, 2.45) is 0 Å². The van der Waals surface area contributed by atoms with Gasteiger partial charge in [0.25, 0.3) is 8.32 Å². The molecular weight excluding hydrogens is 356 g/mol. The molecular formula is C22H42O4Si. The number of methoxy groups -OCH3 is 1. The summed E-state index contributed by atoms with van der Waals surface area (Å²) in [4.78, 5) is 0. The number of ether oxygens (including phenoxy) is 2. The summed E-state index contributed by atoms with van der Waals surface area (Å²) in [7, 11) is -0.535. The predicted molar refractivity (Wildman–Crippen MR) is 116 cm³/mol. The Morgan fingerprint density at radius 2 is 1.67 bits per heavy atom. The van der Waals surface area contributed by atoms with Crippen LogP contribution in [0.5, 0.6) is 0 Å². The molecule has 5 heteroatoms. The largest absolute Gasteiger partial charge is 0.548 e. The molecule has 0 amide bonds. The van der Waals surface area contributed by atoms with Crippen LogP contribution in [0.1, 0.15) is 74.7 Å². The van der Waals surface area contributed by atoms with Crippen LogP contribution >= 0.6 is 0 Å².